The van der Waals surface area contributed by atoms with Crippen LogP contribution in [0.3, 0.4) is 0 Å². The van der Waals surface area contributed by atoms with Crippen molar-refractivity contribution in [2.24, 2.45) is 17.1 Å². The molecule has 0 aromatic heterocycles. The van der Waals surface area contributed by atoms with Crippen molar-refractivity contribution in [3.8, 4) is 0 Å². The average molecular weight is 226 g/mol. The summed E-state index contributed by atoms with van der Waals surface area (Å²) in [5.41, 5.74) is 4.38. The molecule has 90 valence electrons. The smallest absolute Gasteiger partial charge is 0.311 e. The maximum absolute atomic E-state index is 11.8. The Labute approximate surface area is 94.4 Å². The van der Waals surface area contributed by atoms with Crippen LogP contribution in [0.1, 0.15) is 32.6 Å². The molecule has 0 radical (unpaired) electrons. The molecule has 0 aliphatic heterocycles. The molecule has 1 atom stereocenters. The highest BCUT2D eigenvalue weighted by molar-refractivity contribution is 5.87. The minimum absolute atomic E-state index is 0.209. The number of hydrogen-bond acceptors (Lipinski definition) is 3. The molecule has 5 nitrogen and oxygen atoms in total. The fourth-order valence-electron chi connectivity index (χ4n) is 1.93. The highest BCUT2D eigenvalue weighted by Crippen LogP contribution is 2.45. The van der Waals surface area contributed by atoms with Crippen LogP contribution in [0, 0.1) is 11.3 Å². The second kappa shape index (κ2) is 3.45. The molecule has 1 unspecified atom stereocenters. The first kappa shape index (κ1) is 11.4. The van der Waals surface area contributed by atoms with Crippen molar-refractivity contribution >= 4 is 11.9 Å². The van der Waals surface area contributed by atoms with E-state index < -0.39 is 16.9 Å². The van der Waals surface area contributed by atoms with E-state index >= 15 is 0 Å². The average Bonchev–Trinajstić information content (AvgIpc) is 3.03. The quantitative estimate of drug-likeness (QED) is 0.619. The third-order valence-corrected chi connectivity index (χ3v) is 3.81. The Morgan fingerprint density at radius 1 is 1.50 bits per heavy atom. The van der Waals surface area contributed by atoms with Gasteiger partial charge in [-0.05, 0) is 38.5 Å². The molecule has 0 bridgehead atoms. The minimum atomic E-state index is -0.839. The predicted molar refractivity (Wildman–Crippen MR) is 57.6 cm³/mol. The van der Waals surface area contributed by atoms with E-state index in [4.69, 9.17) is 10.8 Å². The van der Waals surface area contributed by atoms with E-state index in [-0.39, 0.29) is 18.4 Å². The van der Waals surface area contributed by atoms with E-state index in [0.717, 1.165) is 12.8 Å². The van der Waals surface area contributed by atoms with Crippen LogP contribution in [0.5, 0.6) is 0 Å². The number of carboxylic acid groups (broad SMARTS) is 1. The molecule has 5 heteroatoms. The molecule has 0 heterocycles. The van der Waals surface area contributed by atoms with Gasteiger partial charge in [-0.15, -0.1) is 0 Å². The van der Waals surface area contributed by atoms with E-state index in [1.54, 1.807) is 6.92 Å². The van der Waals surface area contributed by atoms with Gasteiger partial charge in [0, 0.05) is 6.54 Å². The van der Waals surface area contributed by atoms with E-state index in [0.29, 0.717) is 12.8 Å². The maximum atomic E-state index is 11.8. The van der Waals surface area contributed by atoms with Crippen molar-refractivity contribution in [1.29, 1.82) is 0 Å². The summed E-state index contributed by atoms with van der Waals surface area (Å²) in [6.45, 7) is 1.93. The van der Waals surface area contributed by atoms with Crippen LogP contribution >= 0.6 is 0 Å². The zero-order chi connectivity index (χ0) is 12.0. The lowest BCUT2D eigenvalue weighted by molar-refractivity contribution is -0.143. The van der Waals surface area contributed by atoms with Crippen LogP contribution in [0.2, 0.25) is 0 Å². The monoisotopic (exact) mass is 226 g/mol. The summed E-state index contributed by atoms with van der Waals surface area (Å²) in [4.78, 5) is 22.7. The molecule has 0 aromatic rings. The van der Waals surface area contributed by atoms with Gasteiger partial charge in [0.2, 0.25) is 5.91 Å². The molecule has 0 saturated heterocycles. The Morgan fingerprint density at radius 2 is 2.06 bits per heavy atom. The molecular weight excluding hydrogens is 208 g/mol. The number of carbonyl (C=O) groups is 2. The zero-order valence-corrected chi connectivity index (χ0v) is 9.45. The van der Waals surface area contributed by atoms with Gasteiger partial charge >= 0.3 is 5.97 Å². The number of nitrogens with one attached hydrogen (secondary N) is 1. The fourth-order valence-corrected chi connectivity index (χ4v) is 1.93. The van der Waals surface area contributed by atoms with E-state index in [9.17, 15) is 9.59 Å². The molecule has 2 aliphatic rings. The lowest BCUT2D eigenvalue weighted by atomic mass is 9.95. The molecule has 2 aliphatic carbocycles. The van der Waals surface area contributed by atoms with Crippen molar-refractivity contribution in [3.05, 3.63) is 0 Å². The van der Waals surface area contributed by atoms with E-state index in [1.165, 1.54) is 0 Å². The van der Waals surface area contributed by atoms with Gasteiger partial charge in [0.25, 0.3) is 0 Å². The summed E-state index contributed by atoms with van der Waals surface area (Å²) >= 11 is 0. The molecular formula is C11H18N2O3. The first-order chi connectivity index (χ1) is 7.38. The second-order valence-corrected chi connectivity index (χ2v) is 5.33. The lowest BCUT2D eigenvalue weighted by Crippen LogP contribution is -2.54. The van der Waals surface area contributed by atoms with Crippen LogP contribution in [0.15, 0.2) is 0 Å². The number of nitrogens with two attached hydrogens (primary N) is 1. The molecule has 0 aromatic carbocycles. The van der Waals surface area contributed by atoms with Gasteiger partial charge in [-0.1, -0.05) is 0 Å². The Bertz CT molecular complexity index is 330. The summed E-state index contributed by atoms with van der Waals surface area (Å²) in [7, 11) is 0. The van der Waals surface area contributed by atoms with Gasteiger partial charge in [-0.2, -0.15) is 0 Å². The van der Waals surface area contributed by atoms with E-state index in [2.05, 4.69) is 5.32 Å². The zero-order valence-electron chi connectivity index (χ0n) is 9.45. The highest BCUT2D eigenvalue weighted by Gasteiger charge is 2.51. The van der Waals surface area contributed by atoms with Crippen LogP contribution < -0.4 is 11.1 Å². The Balaban J connectivity index is 1.86. The van der Waals surface area contributed by atoms with Crippen LogP contribution in [-0.4, -0.2) is 29.1 Å². The first-order valence-electron chi connectivity index (χ1n) is 5.69. The summed E-state index contributed by atoms with van der Waals surface area (Å²) < 4.78 is 0. The van der Waals surface area contributed by atoms with Crippen LogP contribution in [0.4, 0.5) is 0 Å². The third kappa shape index (κ3) is 1.91. The summed E-state index contributed by atoms with van der Waals surface area (Å²) in [6, 6.07) is 0. The Morgan fingerprint density at radius 3 is 2.44 bits per heavy atom. The van der Waals surface area contributed by atoms with Crippen molar-refractivity contribution < 1.29 is 14.7 Å². The fraction of sp³-hybridized carbons (Fsp3) is 0.818. The topological polar surface area (TPSA) is 92.4 Å². The number of hydrogen-bond donors (Lipinski definition) is 3. The molecule has 2 fully saturated rings. The largest absolute Gasteiger partial charge is 0.481 e. The van der Waals surface area contributed by atoms with Gasteiger partial charge < -0.3 is 16.2 Å². The number of amides is 1. The predicted octanol–water partition coefficient (Wildman–Crippen LogP) is 0.0948. The SMILES string of the molecule is CC(N)(C(=O)NCC1(C(=O)O)CC1)C1CC1. The number of rotatable bonds is 5. The number of aliphatic carboxylic acids is 1. The molecule has 1 amide bonds. The summed E-state index contributed by atoms with van der Waals surface area (Å²) in [5, 5.41) is 11.6. The highest BCUT2D eigenvalue weighted by atomic mass is 16.4. The van der Waals surface area contributed by atoms with Crippen molar-refractivity contribution in [1.82, 2.24) is 5.32 Å². The first-order valence-corrected chi connectivity index (χ1v) is 5.69. The molecule has 2 saturated carbocycles. The number of carboxylic acids is 1. The standard InChI is InChI=1S/C11H18N2O3/c1-10(12,7-2-3-7)8(14)13-6-11(4-5-11)9(15)16/h7H,2-6,12H2,1H3,(H,13,14)(H,15,16). The normalized spacial score (nSPS) is 25.6. The van der Waals surface area contributed by atoms with Gasteiger partial charge in [0.1, 0.15) is 0 Å². The summed E-state index contributed by atoms with van der Waals surface area (Å²) in [6.07, 6.45) is 3.27. The van der Waals surface area contributed by atoms with E-state index in [1.807, 2.05) is 0 Å². The summed E-state index contributed by atoms with van der Waals surface area (Å²) in [5.74, 6) is -0.784. The number of carbonyl (C=O) groups excluding carboxylic acids is 1. The van der Waals surface area contributed by atoms with Crippen molar-refractivity contribution in [2.75, 3.05) is 6.54 Å². The third-order valence-electron chi connectivity index (χ3n) is 3.81. The van der Waals surface area contributed by atoms with Crippen molar-refractivity contribution in [3.63, 3.8) is 0 Å². The lowest BCUT2D eigenvalue weighted by Gasteiger charge is -2.24. The maximum Gasteiger partial charge on any atom is 0.311 e. The molecule has 0 spiro atoms. The van der Waals surface area contributed by atoms with Gasteiger partial charge in [0.15, 0.2) is 0 Å². The molecule has 4 N–H and O–H groups in total. The van der Waals surface area contributed by atoms with Gasteiger partial charge in [0.05, 0.1) is 11.0 Å². The minimum Gasteiger partial charge on any atom is -0.481 e. The van der Waals surface area contributed by atoms with Gasteiger partial charge in [-0.25, -0.2) is 0 Å². The molecule has 2 rings (SSSR count). The second-order valence-electron chi connectivity index (χ2n) is 5.33. The van der Waals surface area contributed by atoms with Gasteiger partial charge in [-0.3, -0.25) is 9.59 Å². The van der Waals surface area contributed by atoms with Crippen LogP contribution in [0.25, 0.3) is 0 Å². The Kier molecular flexibility index (Phi) is 2.45. The van der Waals surface area contributed by atoms with Crippen LogP contribution in [-0.2, 0) is 9.59 Å². The van der Waals surface area contributed by atoms with Crippen molar-refractivity contribution in [2.45, 2.75) is 38.1 Å². The molecule has 16 heavy (non-hydrogen) atoms. The Hall–Kier alpha value is -1.10.